The second-order valence-electron chi connectivity index (χ2n) is 12.9. The molecule has 0 saturated heterocycles. The van der Waals surface area contributed by atoms with Gasteiger partial charge in [0.25, 0.3) is 0 Å². The number of aliphatic hydroxyl groups excluding tert-OH is 4. The lowest BCUT2D eigenvalue weighted by Gasteiger charge is -2.27. The van der Waals surface area contributed by atoms with E-state index in [1.54, 1.807) is 0 Å². The van der Waals surface area contributed by atoms with Crippen LogP contribution >= 0.6 is 0 Å². The van der Waals surface area contributed by atoms with Crippen molar-refractivity contribution in [2.24, 2.45) is 0 Å². The number of amides is 1. The molecule has 0 aromatic carbocycles. The summed E-state index contributed by atoms with van der Waals surface area (Å²) in [5.74, 6) is -0.595. The van der Waals surface area contributed by atoms with E-state index in [4.69, 9.17) is 0 Å². The average molecular weight is 612 g/mol. The van der Waals surface area contributed by atoms with E-state index in [0.29, 0.717) is 12.8 Å². The van der Waals surface area contributed by atoms with Crippen LogP contribution in [0.4, 0.5) is 0 Å². The Morgan fingerprint density at radius 3 is 1.42 bits per heavy atom. The molecule has 6 nitrogen and oxygen atoms in total. The summed E-state index contributed by atoms with van der Waals surface area (Å²) in [7, 11) is 0. The summed E-state index contributed by atoms with van der Waals surface area (Å²) in [5.41, 5.74) is 0. The molecule has 5 N–H and O–H groups in total. The van der Waals surface area contributed by atoms with Gasteiger partial charge in [-0.05, 0) is 32.1 Å². The number of unbranched alkanes of at least 4 members (excludes halogenated alkanes) is 22. The normalized spacial score (nSPS) is 14.7. The molecule has 256 valence electrons. The minimum absolute atomic E-state index is 0.355. The van der Waals surface area contributed by atoms with Crippen LogP contribution in [0.2, 0.25) is 0 Å². The molecule has 0 spiro atoms. The van der Waals surface area contributed by atoms with Gasteiger partial charge in [0.05, 0.1) is 18.8 Å². The molecule has 6 heteroatoms. The van der Waals surface area contributed by atoms with E-state index < -0.39 is 36.9 Å². The molecular weight excluding hydrogens is 538 g/mol. The lowest BCUT2D eigenvalue weighted by Crippen LogP contribution is -2.53. The fourth-order valence-corrected chi connectivity index (χ4v) is 5.68. The Morgan fingerprint density at radius 2 is 0.953 bits per heavy atom. The molecule has 0 fully saturated rings. The summed E-state index contributed by atoms with van der Waals surface area (Å²) >= 11 is 0. The Hall–Kier alpha value is -0.950. The van der Waals surface area contributed by atoms with Crippen LogP contribution in [0.5, 0.6) is 0 Å². The van der Waals surface area contributed by atoms with Crippen LogP contribution in [0.1, 0.15) is 187 Å². The summed E-state index contributed by atoms with van der Waals surface area (Å²) in [4.78, 5) is 12.4. The maximum Gasteiger partial charge on any atom is 0.249 e. The van der Waals surface area contributed by atoms with E-state index in [2.05, 4.69) is 31.3 Å². The SMILES string of the molecule is CCCC/C=C\CCCCCCC(O)C(=O)NC(CO)C(O)C(O)CCCCCCCCCCCCCCCCCCC. The molecule has 1 amide bonds. The topological polar surface area (TPSA) is 110 Å². The molecule has 0 bridgehead atoms. The molecule has 0 aliphatic heterocycles. The fraction of sp³-hybridized carbons (Fsp3) is 0.919. The minimum Gasteiger partial charge on any atom is -0.394 e. The average Bonchev–Trinajstić information content (AvgIpc) is 3.01. The van der Waals surface area contributed by atoms with Crippen LogP contribution < -0.4 is 5.32 Å². The molecule has 0 aliphatic rings. The van der Waals surface area contributed by atoms with Crippen molar-refractivity contribution in [2.75, 3.05) is 6.61 Å². The number of aliphatic hydroxyl groups is 4. The first-order valence-electron chi connectivity index (χ1n) is 18.6. The maximum absolute atomic E-state index is 12.4. The smallest absolute Gasteiger partial charge is 0.249 e. The largest absolute Gasteiger partial charge is 0.394 e. The van der Waals surface area contributed by atoms with Crippen molar-refractivity contribution < 1.29 is 25.2 Å². The highest BCUT2D eigenvalue weighted by atomic mass is 16.3. The number of carbonyl (C=O) groups is 1. The molecule has 0 rings (SSSR count). The number of rotatable bonds is 33. The monoisotopic (exact) mass is 612 g/mol. The number of allylic oxidation sites excluding steroid dienone is 2. The standard InChI is InChI=1S/C37H73NO5/c1-3-5-7-9-11-13-15-16-17-18-19-20-21-23-24-26-28-30-34(40)36(42)33(32-39)38-37(43)35(41)31-29-27-25-22-14-12-10-8-6-4-2/h10,12,33-36,39-42H,3-9,11,13-32H2,1-2H3,(H,38,43)/b12-10-. The van der Waals surface area contributed by atoms with Crippen molar-refractivity contribution in [1.82, 2.24) is 5.32 Å². The third-order valence-corrected chi connectivity index (χ3v) is 8.73. The van der Waals surface area contributed by atoms with E-state index >= 15 is 0 Å². The van der Waals surface area contributed by atoms with Gasteiger partial charge >= 0.3 is 0 Å². The van der Waals surface area contributed by atoms with Gasteiger partial charge in [-0.1, -0.05) is 167 Å². The van der Waals surface area contributed by atoms with E-state index in [9.17, 15) is 25.2 Å². The molecule has 43 heavy (non-hydrogen) atoms. The summed E-state index contributed by atoms with van der Waals surface area (Å²) < 4.78 is 0. The van der Waals surface area contributed by atoms with Crippen LogP contribution in [-0.4, -0.2) is 57.3 Å². The highest BCUT2D eigenvalue weighted by Crippen LogP contribution is 2.16. The van der Waals surface area contributed by atoms with Crippen LogP contribution in [0.15, 0.2) is 12.2 Å². The first-order chi connectivity index (χ1) is 21.0. The third kappa shape index (κ3) is 27.1. The summed E-state index contributed by atoms with van der Waals surface area (Å²) in [6.45, 7) is 3.98. The summed E-state index contributed by atoms with van der Waals surface area (Å²) in [6, 6.07) is -0.984. The summed E-state index contributed by atoms with van der Waals surface area (Å²) in [6.07, 6.45) is 32.4. The molecule has 4 atom stereocenters. The Kier molecular flexibility index (Phi) is 31.7. The number of nitrogens with one attached hydrogen (secondary N) is 1. The fourth-order valence-electron chi connectivity index (χ4n) is 5.68. The molecule has 0 saturated carbocycles. The highest BCUT2D eigenvalue weighted by Gasteiger charge is 2.28. The predicted octanol–water partition coefficient (Wildman–Crippen LogP) is 8.67. The van der Waals surface area contributed by atoms with Crippen molar-refractivity contribution in [1.29, 1.82) is 0 Å². The van der Waals surface area contributed by atoms with Crippen molar-refractivity contribution in [2.45, 2.75) is 212 Å². The quantitative estimate of drug-likeness (QED) is 0.0377. The van der Waals surface area contributed by atoms with Crippen LogP contribution in [0, 0.1) is 0 Å². The van der Waals surface area contributed by atoms with Crippen LogP contribution in [-0.2, 0) is 4.79 Å². The Morgan fingerprint density at radius 1 is 0.558 bits per heavy atom. The molecule has 0 aliphatic carbocycles. The second kappa shape index (κ2) is 32.4. The Bertz CT molecular complexity index is 614. The molecule has 0 aromatic heterocycles. The van der Waals surface area contributed by atoms with Gasteiger partial charge in [-0.2, -0.15) is 0 Å². The lowest BCUT2D eigenvalue weighted by atomic mass is 9.99. The van der Waals surface area contributed by atoms with Gasteiger partial charge in [0.15, 0.2) is 0 Å². The van der Waals surface area contributed by atoms with E-state index in [0.717, 1.165) is 57.8 Å². The zero-order valence-electron chi connectivity index (χ0n) is 28.5. The van der Waals surface area contributed by atoms with Gasteiger partial charge in [0.1, 0.15) is 12.2 Å². The first kappa shape index (κ1) is 42.0. The van der Waals surface area contributed by atoms with Crippen molar-refractivity contribution in [3.63, 3.8) is 0 Å². The number of carbonyl (C=O) groups excluding carboxylic acids is 1. The van der Waals surface area contributed by atoms with Gasteiger partial charge in [0.2, 0.25) is 5.91 Å². The van der Waals surface area contributed by atoms with Crippen molar-refractivity contribution >= 4 is 5.91 Å². The molecule has 0 radical (unpaired) electrons. The third-order valence-electron chi connectivity index (χ3n) is 8.73. The minimum atomic E-state index is -1.26. The van der Waals surface area contributed by atoms with Gasteiger partial charge in [-0.25, -0.2) is 0 Å². The number of hydrogen-bond acceptors (Lipinski definition) is 5. The van der Waals surface area contributed by atoms with Crippen LogP contribution in [0.25, 0.3) is 0 Å². The lowest BCUT2D eigenvalue weighted by molar-refractivity contribution is -0.132. The predicted molar refractivity (Wildman–Crippen MR) is 182 cm³/mol. The van der Waals surface area contributed by atoms with Gasteiger partial charge < -0.3 is 25.7 Å². The number of hydrogen-bond donors (Lipinski definition) is 5. The van der Waals surface area contributed by atoms with Gasteiger partial charge in [0, 0.05) is 0 Å². The molecule has 0 heterocycles. The zero-order valence-corrected chi connectivity index (χ0v) is 28.5. The first-order valence-corrected chi connectivity index (χ1v) is 18.6. The van der Waals surface area contributed by atoms with Crippen LogP contribution in [0.3, 0.4) is 0 Å². The zero-order chi connectivity index (χ0) is 31.8. The van der Waals surface area contributed by atoms with E-state index in [1.165, 1.54) is 103 Å². The Balaban J connectivity index is 3.78. The highest BCUT2D eigenvalue weighted by molar-refractivity contribution is 5.80. The molecule has 0 aromatic rings. The van der Waals surface area contributed by atoms with Gasteiger partial charge in [-0.15, -0.1) is 0 Å². The van der Waals surface area contributed by atoms with Gasteiger partial charge in [-0.3, -0.25) is 4.79 Å². The maximum atomic E-state index is 12.4. The Labute approximate surface area is 266 Å². The van der Waals surface area contributed by atoms with Crippen molar-refractivity contribution in [3.05, 3.63) is 12.2 Å². The van der Waals surface area contributed by atoms with E-state index in [-0.39, 0.29) is 0 Å². The molecular formula is C37H73NO5. The molecule has 4 unspecified atom stereocenters. The van der Waals surface area contributed by atoms with Crippen molar-refractivity contribution in [3.8, 4) is 0 Å². The second-order valence-corrected chi connectivity index (χ2v) is 12.9. The van der Waals surface area contributed by atoms with E-state index in [1.807, 2.05) is 0 Å². The summed E-state index contributed by atoms with van der Waals surface area (Å²) in [5, 5.41) is 43.4.